The quantitative estimate of drug-likeness (QED) is 0.422. The topological polar surface area (TPSA) is 335 Å². The van der Waals surface area contributed by atoms with E-state index in [-0.39, 0.29) is 60.9 Å². The van der Waals surface area contributed by atoms with Crippen molar-refractivity contribution in [2.45, 2.75) is 20.0 Å². The average Bonchev–Trinajstić information content (AvgIpc) is 0.811. The Bertz CT molecular complexity index is 15.2. The monoisotopic (exact) mass is 240 g/mol. The summed E-state index contributed by atoms with van der Waals surface area (Å²) in [6.07, 6.45) is -0.167. The molecule has 0 atom stereocenters. The first-order valence-corrected chi connectivity index (χ1v) is 1.41. The summed E-state index contributed by atoms with van der Waals surface area (Å²) in [5.41, 5.74) is 0. The summed E-state index contributed by atoms with van der Waals surface area (Å²) in [4.78, 5) is 0. The zero-order valence-electron chi connectivity index (χ0n) is 8.02. The van der Waals surface area contributed by atoms with E-state index < -0.39 is 0 Å². The second-order valence-corrected chi connectivity index (χ2v) is 1.09. The molecule has 0 aromatic heterocycles. The SMILES string of the molecule is CC(C)O.O.O.O.O.O.O.O.O.O.O. The summed E-state index contributed by atoms with van der Waals surface area (Å²) in [7, 11) is 0. The third-order valence-corrected chi connectivity index (χ3v) is 0. The van der Waals surface area contributed by atoms with Crippen LogP contribution in [0.25, 0.3) is 0 Å². The Morgan fingerprint density at radius 3 is 0.500 bits per heavy atom. The number of hydrogen-bond acceptors (Lipinski definition) is 1. The lowest BCUT2D eigenvalue weighted by Gasteiger charge is -1.80. The van der Waals surface area contributed by atoms with Gasteiger partial charge in [-0.3, -0.25) is 0 Å². The van der Waals surface area contributed by atoms with E-state index in [4.69, 9.17) is 5.11 Å². The van der Waals surface area contributed by atoms with E-state index >= 15 is 0 Å². The molecule has 0 spiro atoms. The molecule has 0 saturated heterocycles. The van der Waals surface area contributed by atoms with Gasteiger partial charge in [0.1, 0.15) is 0 Å². The second kappa shape index (κ2) is 256. The molecule has 0 fully saturated rings. The Balaban J connectivity index is -0.000000001000. The Morgan fingerprint density at radius 1 is 0.500 bits per heavy atom. The van der Waals surface area contributed by atoms with Crippen LogP contribution in [0.4, 0.5) is 0 Å². The number of aliphatic hydroxyl groups is 1. The van der Waals surface area contributed by atoms with Crippen LogP contribution in [0, 0.1) is 0 Å². The minimum absolute atomic E-state index is 0. The molecule has 0 aliphatic carbocycles. The number of hydrogen-bond donors (Lipinski definition) is 1. The van der Waals surface area contributed by atoms with Gasteiger partial charge in [0, 0.05) is 6.10 Å². The fourth-order valence-electron chi connectivity index (χ4n) is 0. The van der Waals surface area contributed by atoms with Crippen LogP contribution >= 0.6 is 0 Å². The van der Waals surface area contributed by atoms with Crippen molar-refractivity contribution in [3.63, 3.8) is 0 Å². The highest BCUT2D eigenvalue weighted by Gasteiger charge is 1.69. The number of rotatable bonds is 0. The predicted octanol–water partition coefficient (Wildman–Crippen LogP) is -7.86. The molecule has 0 saturated carbocycles. The molecule has 0 bridgehead atoms. The maximum absolute atomic E-state index is 8.06. The highest BCUT2D eigenvalue weighted by atomic mass is 16.3. The predicted molar refractivity (Wildman–Crippen MR) is 53.5 cm³/mol. The smallest absolute Gasteiger partial charge is 0.0483 e. The van der Waals surface area contributed by atoms with Crippen molar-refractivity contribution in [3.05, 3.63) is 0 Å². The molecule has 0 aromatic carbocycles. The van der Waals surface area contributed by atoms with Gasteiger partial charge in [-0.1, -0.05) is 0 Å². The van der Waals surface area contributed by atoms with Crippen LogP contribution in [-0.4, -0.2) is 66.0 Å². The zero-order chi connectivity index (χ0) is 3.58. The van der Waals surface area contributed by atoms with Gasteiger partial charge in [0.2, 0.25) is 0 Å². The summed E-state index contributed by atoms with van der Waals surface area (Å²) in [5, 5.41) is 8.06. The summed E-state index contributed by atoms with van der Waals surface area (Å²) in [6.45, 7) is 3.44. The Labute approximate surface area is 81.1 Å². The molecule has 0 amide bonds. The van der Waals surface area contributed by atoms with Crippen LogP contribution < -0.4 is 0 Å². The maximum atomic E-state index is 8.06. The lowest BCUT2D eigenvalue weighted by Crippen LogP contribution is -1.85. The molecule has 11 nitrogen and oxygen atoms in total. The molecule has 0 radical (unpaired) electrons. The van der Waals surface area contributed by atoms with Crippen molar-refractivity contribution < 1.29 is 59.9 Å². The van der Waals surface area contributed by atoms with Crippen LogP contribution in [0.1, 0.15) is 13.8 Å². The van der Waals surface area contributed by atoms with E-state index in [9.17, 15) is 0 Å². The summed E-state index contributed by atoms with van der Waals surface area (Å²) in [6, 6.07) is 0. The Morgan fingerprint density at radius 2 is 0.500 bits per heavy atom. The number of aliphatic hydroxyl groups excluding tert-OH is 1. The van der Waals surface area contributed by atoms with Gasteiger partial charge in [0.05, 0.1) is 0 Å². The van der Waals surface area contributed by atoms with Crippen molar-refractivity contribution in [1.29, 1.82) is 0 Å². The molecule has 21 N–H and O–H groups in total. The minimum atomic E-state index is -0.167. The normalized spacial score (nSPS) is 2.57. The molecule has 0 unspecified atom stereocenters. The first-order valence-electron chi connectivity index (χ1n) is 1.41. The molecule has 11 heteroatoms. The molecule has 0 aliphatic rings. The standard InChI is InChI=1S/C3H8O.10H2O/c1-3(2)4;;;;;;;;;;/h3-4H,1-2H3;10*1H2. The first-order chi connectivity index (χ1) is 1.73. The van der Waals surface area contributed by atoms with E-state index in [1.165, 1.54) is 0 Å². The fourth-order valence-corrected chi connectivity index (χ4v) is 0. The van der Waals surface area contributed by atoms with Crippen LogP contribution in [-0.2, 0) is 0 Å². The summed E-state index contributed by atoms with van der Waals surface area (Å²) in [5.74, 6) is 0. The molecule has 106 valence electrons. The van der Waals surface area contributed by atoms with E-state index in [2.05, 4.69) is 0 Å². The molecule has 0 aromatic rings. The third kappa shape index (κ3) is 6660. The minimum Gasteiger partial charge on any atom is -0.412 e. The van der Waals surface area contributed by atoms with Crippen LogP contribution in [0.3, 0.4) is 0 Å². The lowest BCUT2D eigenvalue weighted by molar-refractivity contribution is 0.216. The van der Waals surface area contributed by atoms with E-state index in [0.717, 1.165) is 0 Å². The largest absolute Gasteiger partial charge is 0.412 e. The van der Waals surface area contributed by atoms with Gasteiger partial charge in [0.15, 0.2) is 0 Å². The molecule has 0 rings (SSSR count). The van der Waals surface area contributed by atoms with Crippen LogP contribution in [0.2, 0.25) is 0 Å². The fraction of sp³-hybridized carbons (Fsp3) is 1.00. The second-order valence-electron chi connectivity index (χ2n) is 1.09. The van der Waals surface area contributed by atoms with Crippen molar-refractivity contribution in [1.82, 2.24) is 0 Å². The Hall–Kier alpha value is -0.440. The maximum Gasteiger partial charge on any atom is 0.0483 e. The van der Waals surface area contributed by atoms with Gasteiger partial charge in [-0.2, -0.15) is 0 Å². The molecule has 0 heterocycles. The van der Waals surface area contributed by atoms with E-state index in [0.29, 0.717) is 0 Å². The van der Waals surface area contributed by atoms with Crippen molar-refractivity contribution in [2.24, 2.45) is 0 Å². The van der Waals surface area contributed by atoms with Crippen LogP contribution in [0.5, 0.6) is 0 Å². The first kappa shape index (κ1) is 326. The van der Waals surface area contributed by atoms with E-state index in [1.807, 2.05) is 0 Å². The van der Waals surface area contributed by atoms with Gasteiger partial charge in [0.25, 0.3) is 0 Å². The van der Waals surface area contributed by atoms with Crippen molar-refractivity contribution >= 4 is 0 Å². The van der Waals surface area contributed by atoms with Gasteiger partial charge < -0.3 is 59.9 Å². The van der Waals surface area contributed by atoms with Crippen molar-refractivity contribution in [2.75, 3.05) is 0 Å². The van der Waals surface area contributed by atoms with Gasteiger partial charge in [-0.05, 0) is 13.8 Å². The van der Waals surface area contributed by atoms with Crippen LogP contribution in [0.15, 0.2) is 0 Å². The molecule has 14 heavy (non-hydrogen) atoms. The lowest BCUT2D eigenvalue weighted by atomic mass is 10.5. The van der Waals surface area contributed by atoms with Gasteiger partial charge in [-0.15, -0.1) is 0 Å². The van der Waals surface area contributed by atoms with Crippen molar-refractivity contribution in [3.8, 4) is 0 Å². The highest BCUT2D eigenvalue weighted by molar-refractivity contribution is 4.20. The zero-order valence-corrected chi connectivity index (χ0v) is 8.02. The van der Waals surface area contributed by atoms with E-state index in [1.54, 1.807) is 13.8 Å². The molecular weight excluding hydrogens is 212 g/mol. The molecular formula is C3H28O11. The highest BCUT2D eigenvalue weighted by Crippen LogP contribution is 1.65. The summed E-state index contributed by atoms with van der Waals surface area (Å²) < 4.78 is 0. The average molecular weight is 240 g/mol. The molecule has 0 aliphatic heterocycles. The summed E-state index contributed by atoms with van der Waals surface area (Å²) >= 11 is 0. The third-order valence-electron chi connectivity index (χ3n) is 0. The Kier molecular flexibility index (Phi) is 5970. The van der Waals surface area contributed by atoms with Gasteiger partial charge in [-0.25, -0.2) is 0 Å². The van der Waals surface area contributed by atoms with Gasteiger partial charge >= 0.3 is 0 Å².